The van der Waals surface area contributed by atoms with Crippen LogP contribution in [0.1, 0.15) is 46.8 Å². The molecule has 0 aliphatic heterocycles. The van der Waals surface area contributed by atoms with Crippen LogP contribution in [0.25, 0.3) is 0 Å². The third kappa shape index (κ3) is 3.43. The number of hydrogen-bond donors (Lipinski definition) is 0. The molecular formula is C17H18N2OS. The zero-order valence-electron chi connectivity index (χ0n) is 12.1. The highest BCUT2D eigenvalue weighted by molar-refractivity contribution is 7.11. The van der Waals surface area contributed by atoms with Gasteiger partial charge in [0.05, 0.1) is 18.2 Å². The van der Waals surface area contributed by atoms with Gasteiger partial charge in [0.2, 0.25) is 0 Å². The molecule has 108 valence electrons. The predicted octanol–water partition coefficient (Wildman–Crippen LogP) is 4.23. The Morgan fingerprint density at radius 2 is 2.10 bits per heavy atom. The quantitative estimate of drug-likeness (QED) is 0.801. The van der Waals surface area contributed by atoms with Crippen LogP contribution in [-0.4, -0.2) is 4.98 Å². The first kappa shape index (κ1) is 14.1. The molecule has 1 heterocycles. The average Bonchev–Trinajstić information content (AvgIpc) is 3.28. The molecule has 0 saturated heterocycles. The van der Waals surface area contributed by atoms with Crippen LogP contribution >= 0.6 is 11.3 Å². The molecule has 2 aromatic rings. The number of aryl methyl sites for hydroxylation is 1. The highest BCUT2D eigenvalue weighted by Crippen LogP contribution is 2.42. The maximum absolute atomic E-state index is 8.91. The van der Waals surface area contributed by atoms with Gasteiger partial charge < -0.3 is 4.74 Å². The lowest BCUT2D eigenvalue weighted by molar-refractivity contribution is 0.305. The number of aromatic nitrogens is 1. The Morgan fingerprint density at radius 1 is 1.33 bits per heavy atom. The first-order chi connectivity index (χ1) is 10.3. The largest absolute Gasteiger partial charge is 0.486 e. The van der Waals surface area contributed by atoms with Gasteiger partial charge in [0.25, 0.3) is 0 Å². The molecule has 1 aromatic heterocycles. The van der Waals surface area contributed by atoms with Crippen molar-refractivity contribution in [3.8, 4) is 11.8 Å². The van der Waals surface area contributed by atoms with Gasteiger partial charge in [0.1, 0.15) is 17.4 Å². The zero-order valence-corrected chi connectivity index (χ0v) is 12.9. The summed E-state index contributed by atoms with van der Waals surface area (Å²) >= 11 is 1.62. The van der Waals surface area contributed by atoms with E-state index < -0.39 is 0 Å². The van der Waals surface area contributed by atoms with Gasteiger partial charge in [-0.15, -0.1) is 11.3 Å². The van der Waals surface area contributed by atoms with E-state index in [2.05, 4.69) is 30.1 Å². The SMILES string of the molecule is CCc1ccc(OCc2nc(C3CC3)c(CC#N)s2)cc1. The van der Waals surface area contributed by atoms with Crippen molar-refractivity contribution in [2.75, 3.05) is 0 Å². The molecule has 1 aliphatic carbocycles. The summed E-state index contributed by atoms with van der Waals surface area (Å²) in [6, 6.07) is 10.4. The van der Waals surface area contributed by atoms with E-state index in [0.29, 0.717) is 18.9 Å². The first-order valence-corrected chi connectivity index (χ1v) is 8.19. The normalized spacial score (nSPS) is 13.9. The lowest BCUT2D eigenvalue weighted by Crippen LogP contribution is -1.95. The van der Waals surface area contributed by atoms with Gasteiger partial charge >= 0.3 is 0 Å². The number of ether oxygens (including phenoxy) is 1. The summed E-state index contributed by atoms with van der Waals surface area (Å²) in [5.74, 6) is 1.46. The zero-order chi connectivity index (χ0) is 14.7. The van der Waals surface area contributed by atoms with Crippen LogP contribution in [0.4, 0.5) is 0 Å². The van der Waals surface area contributed by atoms with Crippen LogP contribution in [0.15, 0.2) is 24.3 Å². The molecule has 0 bridgehead atoms. The van der Waals surface area contributed by atoms with Gasteiger partial charge in [-0.3, -0.25) is 0 Å². The Bertz CT molecular complexity index is 650. The molecule has 1 aromatic carbocycles. The van der Waals surface area contributed by atoms with E-state index in [-0.39, 0.29) is 0 Å². The maximum atomic E-state index is 8.91. The van der Waals surface area contributed by atoms with Crippen molar-refractivity contribution in [3.05, 3.63) is 45.4 Å². The molecule has 0 radical (unpaired) electrons. The average molecular weight is 298 g/mol. The molecule has 1 aliphatic rings. The molecular weight excluding hydrogens is 280 g/mol. The minimum absolute atomic E-state index is 0.467. The summed E-state index contributed by atoms with van der Waals surface area (Å²) in [7, 11) is 0. The van der Waals surface area contributed by atoms with E-state index >= 15 is 0 Å². The number of nitrogens with zero attached hydrogens (tertiary/aromatic N) is 2. The summed E-state index contributed by atoms with van der Waals surface area (Å²) < 4.78 is 5.80. The van der Waals surface area contributed by atoms with Gasteiger partial charge in [-0.05, 0) is 37.0 Å². The fourth-order valence-corrected chi connectivity index (χ4v) is 3.32. The van der Waals surface area contributed by atoms with E-state index in [0.717, 1.165) is 27.7 Å². The van der Waals surface area contributed by atoms with Crippen molar-refractivity contribution >= 4 is 11.3 Å². The minimum Gasteiger partial charge on any atom is -0.486 e. The van der Waals surface area contributed by atoms with E-state index in [1.165, 1.54) is 18.4 Å². The third-order valence-corrected chi connectivity index (χ3v) is 4.71. The Labute approximate surface area is 129 Å². The van der Waals surface area contributed by atoms with Crippen LogP contribution in [-0.2, 0) is 19.4 Å². The Kier molecular flexibility index (Phi) is 4.21. The number of rotatable bonds is 6. The van der Waals surface area contributed by atoms with Crippen LogP contribution in [0.5, 0.6) is 5.75 Å². The second kappa shape index (κ2) is 6.28. The molecule has 21 heavy (non-hydrogen) atoms. The Balaban J connectivity index is 1.67. The molecule has 3 rings (SSSR count). The van der Waals surface area contributed by atoms with E-state index in [1.54, 1.807) is 11.3 Å². The topological polar surface area (TPSA) is 45.9 Å². The summed E-state index contributed by atoms with van der Waals surface area (Å²) in [6.45, 7) is 2.63. The van der Waals surface area contributed by atoms with Crippen LogP contribution < -0.4 is 4.74 Å². The molecule has 0 spiro atoms. The second-order valence-electron chi connectivity index (χ2n) is 5.31. The molecule has 1 fully saturated rings. The Morgan fingerprint density at radius 3 is 2.71 bits per heavy atom. The number of nitriles is 1. The lowest BCUT2D eigenvalue weighted by atomic mass is 10.2. The van der Waals surface area contributed by atoms with Crippen molar-refractivity contribution < 1.29 is 4.74 Å². The predicted molar refractivity (Wildman–Crippen MR) is 83.6 cm³/mol. The maximum Gasteiger partial charge on any atom is 0.140 e. The fraction of sp³-hybridized carbons (Fsp3) is 0.412. The van der Waals surface area contributed by atoms with Crippen LogP contribution in [0.3, 0.4) is 0 Å². The molecule has 0 N–H and O–H groups in total. The highest BCUT2D eigenvalue weighted by Gasteiger charge is 2.29. The molecule has 3 nitrogen and oxygen atoms in total. The molecule has 0 amide bonds. The third-order valence-electron chi connectivity index (χ3n) is 3.67. The standard InChI is InChI=1S/C17H18N2OS/c1-2-12-3-7-14(8-4-12)20-11-16-19-17(13-5-6-13)15(21-16)9-10-18/h3-4,7-8,13H,2,5-6,9,11H2,1H3. The molecule has 1 saturated carbocycles. The Hall–Kier alpha value is -1.86. The fourth-order valence-electron chi connectivity index (χ4n) is 2.32. The smallest absolute Gasteiger partial charge is 0.140 e. The van der Waals surface area contributed by atoms with Crippen molar-refractivity contribution in [1.82, 2.24) is 4.98 Å². The van der Waals surface area contributed by atoms with Gasteiger partial charge in [-0.25, -0.2) is 4.98 Å². The van der Waals surface area contributed by atoms with Gasteiger partial charge in [-0.1, -0.05) is 19.1 Å². The number of thiazole rings is 1. The van der Waals surface area contributed by atoms with Crippen molar-refractivity contribution in [2.24, 2.45) is 0 Å². The highest BCUT2D eigenvalue weighted by atomic mass is 32.1. The van der Waals surface area contributed by atoms with Crippen LogP contribution in [0, 0.1) is 11.3 Å². The second-order valence-corrected chi connectivity index (χ2v) is 6.48. The molecule has 4 heteroatoms. The number of hydrogen-bond acceptors (Lipinski definition) is 4. The van der Waals surface area contributed by atoms with Crippen LogP contribution in [0.2, 0.25) is 0 Å². The van der Waals surface area contributed by atoms with Crippen molar-refractivity contribution in [1.29, 1.82) is 5.26 Å². The van der Waals surface area contributed by atoms with Crippen molar-refractivity contribution in [2.45, 2.75) is 45.1 Å². The summed E-state index contributed by atoms with van der Waals surface area (Å²) in [5.41, 5.74) is 2.45. The minimum atomic E-state index is 0.467. The summed E-state index contributed by atoms with van der Waals surface area (Å²) in [4.78, 5) is 5.81. The van der Waals surface area contributed by atoms with Gasteiger partial charge in [0, 0.05) is 10.8 Å². The number of benzene rings is 1. The first-order valence-electron chi connectivity index (χ1n) is 7.37. The summed E-state index contributed by atoms with van der Waals surface area (Å²) in [5, 5.41) is 9.88. The van der Waals surface area contributed by atoms with Gasteiger partial charge in [0.15, 0.2) is 0 Å². The lowest BCUT2D eigenvalue weighted by Gasteiger charge is -2.04. The molecule has 0 unspecified atom stereocenters. The van der Waals surface area contributed by atoms with E-state index in [1.807, 2.05) is 12.1 Å². The molecule has 0 atom stereocenters. The monoisotopic (exact) mass is 298 g/mol. The van der Waals surface area contributed by atoms with E-state index in [4.69, 9.17) is 10.00 Å². The van der Waals surface area contributed by atoms with Gasteiger partial charge in [-0.2, -0.15) is 5.26 Å². The van der Waals surface area contributed by atoms with E-state index in [9.17, 15) is 0 Å². The summed E-state index contributed by atoms with van der Waals surface area (Å²) in [6.07, 6.45) is 3.92. The van der Waals surface area contributed by atoms with Crippen molar-refractivity contribution in [3.63, 3.8) is 0 Å².